The number of nitrogens with zero attached hydrogens (tertiary/aromatic N) is 4. The van der Waals surface area contributed by atoms with Crippen molar-refractivity contribution in [3.63, 3.8) is 0 Å². The number of rotatable bonds is 4. The van der Waals surface area contributed by atoms with Crippen molar-refractivity contribution in [2.24, 2.45) is 0 Å². The number of benzene rings is 1. The summed E-state index contributed by atoms with van der Waals surface area (Å²) in [5.41, 5.74) is 3.90. The van der Waals surface area contributed by atoms with Gasteiger partial charge in [0.1, 0.15) is 5.69 Å². The molecule has 2 aromatic rings. The maximum absolute atomic E-state index is 9.27. The zero-order valence-corrected chi connectivity index (χ0v) is 11.8. The minimum absolute atomic E-state index is 0.0605. The summed E-state index contributed by atoms with van der Waals surface area (Å²) in [7, 11) is 0. The summed E-state index contributed by atoms with van der Waals surface area (Å²) in [6.07, 6.45) is 3.37. The summed E-state index contributed by atoms with van der Waals surface area (Å²) < 4.78 is 1.82. The minimum atomic E-state index is -0.0605. The second-order valence-electron chi connectivity index (χ2n) is 5.12. The molecule has 0 atom stereocenters. The van der Waals surface area contributed by atoms with Crippen LogP contribution in [0.15, 0.2) is 24.3 Å². The first-order valence-electron chi connectivity index (χ1n) is 7.23. The molecule has 1 N–H and O–H groups in total. The average Bonchev–Trinajstić information content (AvgIpc) is 3.16. The van der Waals surface area contributed by atoms with E-state index < -0.39 is 0 Å². The van der Waals surface area contributed by atoms with E-state index in [4.69, 9.17) is 0 Å². The lowest BCUT2D eigenvalue weighted by Gasteiger charge is -2.17. The molecule has 106 valence electrons. The zero-order chi connectivity index (χ0) is 13.9. The third-order valence-corrected chi connectivity index (χ3v) is 3.89. The Labute approximate surface area is 118 Å². The first-order valence-corrected chi connectivity index (χ1v) is 7.23. The second kappa shape index (κ2) is 5.63. The molecule has 1 aromatic carbocycles. The summed E-state index contributed by atoms with van der Waals surface area (Å²) >= 11 is 0. The van der Waals surface area contributed by atoms with Crippen molar-refractivity contribution in [1.82, 2.24) is 15.0 Å². The number of aliphatic hydroxyl groups excluding tert-OH is 1. The molecule has 0 unspecified atom stereocenters. The second-order valence-corrected chi connectivity index (χ2v) is 5.12. The van der Waals surface area contributed by atoms with E-state index in [1.807, 2.05) is 11.6 Å². The van der Waals surface area contributed by atoms with Crippen LogP contribution in [0.5, 0.6) is 0 Å². The van der Waals surface area contributed by atoms with E-state index in [0.717, 1.165) is 30.9 Å². The van der Waals surface area contributed by atoms with Crippen LogP contribution in [-0.2, 0) is 13.0 Å². The monoisotopic (exact) mass is 272 g/mol. The highest BCUT2D eigenvalue weighted by atomic mass is 16.3. The predicted molar refractivity (Wildman–Crippen MR) is 78.1 cm³/mol. The van der Waals surface area contributed by atoms with E-state index in [2.05, 4.69) is 39.5 Å². The van der Waals surface area contributed by atoms with Gasteiger partial charge in [0.05, 0.1) is 18.0 Å². The quantitative estimate of drug-likeness (QED) is 0.924. The van der Waals surface area contributed by atoms with Crippen LogP contribution in [0.1, 0.15) is 31.2 Å². The largest absolute Gasteiger partial charge is 0.390 e. The normalized spacial score (nSPS) is 15.0. The molecule has 1 aliphatic heterocycles. The number of anilines is 1. The lowest BCUT2D eigenvalue weighted by Crippen LogP contribution is -2.17. The Balaban J connectivity index is 1.89. The maximum atomic E-state index is 9.27. The lowest BCUT2D eigenvalue weighted by atomic mass is 10.2. The van der Waals surface area contributed by atoms with Gasteiger partial charge in [-0.3, -0.25) is 0 Å². The summed E-state index contributed by atoms with van der Waals surface area (Å²) in [5, 5.41) is 17.5. The lowest BCUT2D eigenvalue weighted by molar-refractivity contribution is 0.275. The smallest absolute Gasteiger partial charge is 0.112 e. The molecule has 0 amide bonds. The maximum Gasteiger partial charge on any atom is 0.112 e. The van der Waals surface area contributed by atoms with Gasteiger partial charge in [0.2, 0.25) is 0 Å². The molecule has 0 radical (unpaired) electrons. The molecular weight excluding hydrogens is 252 g/mol. The van der Waals surface area contributed by atoms with E-state index in [-0.39, 0.29) is 6.61 Å². The van der Waals surface area contributed by atoms with Gasteiger partial charge < -0.3 is 10.0 Å². The molecule has 0 spiro atoms. The molecule has 0 saturated carbocycles. The third kappa shape index (κ3) is 2.29. The highest BCUT2D eigenvalue weighted by molar-refractivity contribution is 5.51. The van der Waals surface area contributed by atoms with E-state index in [9.17, 15) is 5.11 Å². The first kappa shape index (κ1) is 13.1. The van der Waals surface area contributed by atoms with Crippen molar-refractivity contribution in [2.75, 3.05) is 18.0 Å². The molecule has 5 nitrogen and oxygen atoms in total. The molecule has 1 saturated heterocycles. The van der Waals surface area contributed by atoms with Crippen LogP contribution in [0.25, 0.3) is 5.69 Å². The van der Waals surface area contributed by atoms with E-state index in [1.165, 1.54) is 18.5 Å². The van der Waals surface area contributed by atoms with Crippen LogP contribution in [-0.4, -0.2) is 33.2 Å². The Kier molecular flexibility index (Phi) is 3.69. The van der Waals surface area contributed by atoms with Crippen molar-refractivity contribution < 1.29 is 5.11 Å². The number of hydrogen-bond acceptors (Lipinski definition) is 4. The fraction of sp³-hybridized carbons (Fsp3) is 0.467. The summed E-state index contributed by atoms with van der Waals surface area (Å²) in [5.74, 6) is 0. The molecule has 1 aromatic heterocycles. The molecule has 0 aliphatic carbocycles. The summed E-state index contributed by atoms with van der Waals surface area (Å²) in [6.45, 7) is 4.29. The van der Waals surface area contributed by atoms with E-state index in [1.54, 1.807) is 0 Å². The molecule has 2 heterocycles. The molecule has 0 bridgehead atoms. The van der Waals surface area contributed by atoms with Gasteiger partial charge in [-0.15, -0.1) is 5.10 Å². The molecule has 3 rings (SSSR count). The molecule has 5 heteroatoms. The predicted octanol–water partition coefficient (Wildman–Crippen LogP) is 1.92. The van der Waals surface area contributed by atoms with Crippen molar-refractivity contribution >= 4 is 5.69 Å². The fourth-order valence-electron chi connectivity index (χ4n) is 2.80. The van der Waals surface area contributed by atoms with Gasteiger partial charge in [-0.1, -0.05) is 12.1 Å². The van der Waals surface area contributed by atoms with Crippen molar-refractivity contribution in [3.8, 4) is 5.69 Å². The zero-order valence-electron chi connectivity index (χ0n) is 11.8. The van der Waals surface area contributed by atoms with Gasteiger partial charge in [0.15, 0.2) is 0 Å². The highest BCUT2D eigenvalue weighted by Crippen LogP contribution is 2.22. The molecule has 1 fully saturated rings. The van der Waals surface area contributed by atoms with Crippen LogP contribution in [0.2, 0.25) is 0 Å². The number of hydrogen-bond donors (Lipinski definition) is 1. The van der Waals surface area contributed by atoms with E-state index in [0.29, 0.717) is 5.69 Å². The molecule has 20 heavy (non-hydrogen) atoms. The van der Waals surface area contributed by atoms with Crippen molar-refractivity contribution in [1.29, 1.82) is 0 Å². The Hall–Kier alpha value is -1.88. The van der Waals surface area contributed by atoms with Gasteiger partial charge in [-0.2, -0.15) is 0 Å². The minimum Gasteiger partial charge on any atom is -0.390 e. The Morgan fingerprint density at radius 1 is 1.10 bits per heavy atom. The topological polar surface area (TPSA) is 54.2 Å². The molecule has 1 aliphatic rings. The Bertz CT molecular complexity index is 570. The number of aliphatic hydroxyl groups is 1. The summed E-state index contributed by atoms with van der Waals surface area (Å²) in [6, 6.07) is 8.42. The average molecular weight is 272 g/mol. The standard InChI is InChI=1S/C15H20N4O/c1-2-15-14(11-20)16-17-19(15)13-7-5-12(6-8-13)18-9-3-4-10-18/h5-8,20H,2-4,9-11H2,1H3. The van der Waals surface area contributed by atoms with Crippen molar-refractivity contribution in [3.05, 3.63) is 35.7 Å². The van der Waals surface area contributed by atoms with Gasteiger partial charge >= 0.3 is 0 Å². The van der Waals surface area contributed by atoms with Gasteiger partial charge in [0.25, 0.3) is 0 Å². The van der Waals surface area contributed by atoms with Gasteiger partial charge in [-0.05, 0) is 43.5 Å². The van der Waals surface area contributed by atoms with Crippen LogP contribution < -0.4 is 4.90 Å². The molecular formula is C15H20N4O. The van der Waals surface area contributed by atoms with Crippen molar-refractivity contribution in [2.45, 2.75) is 32.8 Å². The van der Waals surface area contributed by atoms with E-state index >= 15 is 0 Å². The van der Waals surface area contributed by atoms with Gasteiger partial charge in [-0.25, -0.2) is 4.68 Å². The van der Waals surface area contributed by atoms with Crippen LogP contribution >= 0.6 is 0 Å². The Morgan fingerprint density at radius 2 is 1.75 bits per heavy atom. The number of aromatic nitrogens is 3. The fourth-order valence-corrected chi connectivity index (χ4v) is 2.80. The van der Waals surface area contributed by atoms with Crippen LogP contribution in [0, 0.1) is 0 Å². The third-order valence-electron chi connectivity index (χ3n) is 3.89. The highest BCUT2D eigenvalue weighted by Gasteiger charge is 2.14. The summed E-state index contributed by atoms with van der Waals surface area (Å²) in [4.78, 5) is 2.41. The van der Waals surface area contributed by atoms with Gasteiger partial charge in [0, 0.05) is 18.8 Å². The van der Waals surface area contributed by atoms with Crippen LogP contribution in [0.3, 0.4) is 0 Å². The van der Waals surface area contributed by atoms with Crippen LogP contribution in [0.4, 0.5) is 5.69 Å². The Morgan fingerprint density at radius 3 is 2.35 bits per heavy atom. The first-order chi connectivity index (χ1) is 9.83. The SMILES string of the molecule is CCc1c(CO)nnn1-c1ccc(N2CCCC2)cc1.